The van der Waals surface area contributed by atoms with Gasteiger partial charge in [0.15, 0.2) is 0 Å². The van der Waals surface area contributed by atoms with E-state index in [2.05, 4.69) is 83.6 Å². The second-order valence-corrected chi connectivity index (χ2v) is 5.38. The highest BCUT2D eigenvalue weighted by Gasteiger charge is 2.19. The molecule has 1 aromatic rings. The number of alkyl halides is 1. The maximum atomic E-state index is 3.77. The van der Waals surface area contributed by atoms with Crippen molar-refractivity contribution in [3.63, 3.8) is 0 Å². The van der Waals surface area contributed by atoms with Gasteiger partial charge in [0.1, 0.15) is 0 Å². The zero-order valence-electron chi connectivity index (χ0n) is 9.94. The van der Waals surface area contributed by atoms with Gasteiger partial charge in [-0.3, -0.25) is 0 Å². The first-order valence-electron chi connectivity index (χ1n) is 5.80. The van der Waals surface area contributed by atoms with Crippen molar-refractivity contribution >= 4 is 33.9 Å². The predicted octanol–water partition coefficient (Wildman–Crippen LogP) is 4.76. The molecule has 0 amide bonds. The van der Waals surface area contributed by atoms with Gasteiger partial charge in [-0.05, 0) is 24.1 Å². The van der Waals surface area contributed by atoms with Crippen LogP contribution < -0.4 is 4.90 Å². The van der Waals surface area contributed by atoms with Crippen LogP contribution in [0, 0.1) is 0 Å². The van der Waals surface area contributed by atoms with Crippen LogP contribution in [0.5, 0.6) is 0 Å². The minimum absolute atomic E-state index is 0.496. The van der Waals surface area contributed by atoms with E-state index in [9.17, 15) is 0 Å². The summed E-state index contributed by atoms with van der Waals surface area (Å²) in [6.07, 6.45) is 9.34. The van der Waals surface area contributed by atoms with Crippen molar-refractivity contribution in [1.29, 1.82) is 0 Å². The molecule has 0 saturated carbocycles. The maximum absolute atomic E-state index is 3.77. The van der Waals surface area contributed by atoms with Crippen molar-refractivity contribution in [2.45, 2.75) is 17.4 Å². The fraction of sp³-hybridized carbons (Fsp3) is 0.200. The fourth-order valence-corrected chi connectivity index (χ4v) is 2.47. The quantitative estimate of drug-likeness (QED) is 0.437. The summed E-state index contributed by atoms with van der Waals surface area (Å²) in [5, 5.41) is 0. The van der Waals surface area contributed by atoms with Crippen LogP contribution in [0.1, 0.15) is 18.9 Å². The Morgan fingerprint density at radius 1 is 1.41 bits per heavy atom. The molecule has 1 atom stereocenters. The van der Waals surface area contributed by atoms with Crippen LogP contribution in [0.4, 0.5) is 5.69 Å². The van der Waals surface area contributed by atoms with Crippen LogP contribution in [0.3, 0.4) is 0 Å². The lowest BCUT2D eigenvalue weighted by Gasteiger charge is -2.31. The van der Waals surface area contributed by atoms with Crippen LogP contribution in [0.25, 0.3) is 5.57 Å². The number of benzene rings is 1. The number of fused-ring (bicyclic) bond motifs is 1. The van der Waals surface area contributed by atoms with Crippen LogP contribution in [0.15, 0.2) is 55.3 Å². The molecule has 0 N–H and O–H groups in total. The van der Waals surface area contributed by atoms with Crippen molar-refractivity contribution in [2.24, 2.45) is 0 Å². The normalized spacial score (nSPS) is 18.0. The lowest BCUT2D eigenvalue weighted by atomic mass is 9.99. The molecule has 2 heteroatoms. The van der Waals surface area contributed by atoms with E-state index in [1.165, 1.54) is 16.8 Å². The summed E-state index contributed by atoms with van der Waals surface area (Å²) in [6, 6.07) is 8.52. The molecule has 0 fully saturated rings. The Bertz CT molecular complexity index is 474. The van der Waals surface area contributed by atoms with E-state index < -0.39 is 0 Å². The first-order chi connectivity index (χ1) is 8.27. The van der Waals surface area contributed by atoms with Gasteiger partial charge in [0.25, 0.3) is 0 Å². The Morgan fingerprint density at radius 3 is 2.88 bits per heavy atom. The van der Waals surface area contributed by atoms with Crippen molar-refractivity contribution in [3.05, 3.63) is 60.8 Å². The molecule has 1 aromatic carbocycles. The third-order valence-electron chi connectivity index (χ3n) is 2.84. The van der Waals surface area contributed by atoms with Gasteiger partial charge in [0, 0.05) is 17.5 Å². The van der Waals surface area contributed by atoms with Gasteiger partial charge in [0.2, 0.25) is 0 Å². The molecular formula is C15H16IN. The summed E-state index contributed by atoms with van der Waals surface area (Å²) in [4.78, 5) is 2.33. The molecule has 0 spiro atoms. The van der Waals surface area contributed by atoms with Gasteiger partial charge < -0.3 is 4.90 Å². The highest BCUT2D eigenvalue weighted by molar-refractivity contribution is 14.1. The van der Waals surface area contributed by atoms with Gasteiger partial charge in [-0.2, -0.15) is 0 Å². The summed E-state index contributed by atoms with van der Waals surface area (Å²) in [5.41, 5.74) is 3.79. The maximum Gasteiger partial charge on any atom is 0.0849 e. The summed E-state index contributed by atoms with van der Waals surface area (Å²) < 4.78 is 0.496. The van der Waals surface area contributed by atoms with Gasteiger partial charge in [-0.1, -0.05) is 66.4 Å². The van der Waals surface area contributed by atoms with E-state index in [0.29, 0.717) is 4.05 Å². The molecule has 1 aliphatic rings. The Labute approximate surface area is 117 Å². The lowest BCUT2D eigenvalue weighted by Crippen LogP contribution is -2.26. The topological polar surface area (TPSA) is 3.24 Å². The summed E-state index contributed by atoms with van der Waals surface area (Å²) in [5.74, 6) is 0. The van der Waals surface area contributed by atoms with Gasteiger partial charge in [-0.25, -0.2) is 0 Å². The summed E-state index contributed by atoms with van der Waals surface area (Å²) >= 11 is 2.49. The third kappa shape index (κ3) is 2.46. The predicted molar refractivity (Wildman–Crippen MR) is 84.3 cm³/mol. The van der Waals surface area contributed by atoms with Crippen LogP contribution in [0.2, 0.25) is 0 Å². The SMILES string of the molecule is C=CC=C1C=CN(C(I)CC)c2ccccc21. The number of halogens is 1. The number of nitrogens with zero attached hydrogens (tertiary/aromatic N) is 1. The highest BCUT2D eigenvalue weighted by Crippen LogP contribution is 2.35. The zero-order chi connectivity index (χ0) is 12.3. The van der Waals surface area contributed by atoms with Crippen molar-refractivity contribution in [3.8, 4) is 0 Å². The van der Waals surface area contributed by atoms with Crippen molar-refractivity contribution in [1.82, 2.24) is 0 Å². The second-order valence-electron chi connectivity index (χ2n) is 3.94. The standard InChI is InChI=1S/C15H16IN/c1-3-7-12-10-11-17(15(16)4-2)14-9-6-5-8-13(12)14/h3,5-11,15H,1,4H2,2H3. The molecule has 0 aromatic heterocycles. The van der Waals surface area contributed by atoms with E-state index in [1.54, 1.807) is 0 Å². The molecule has 0 aliphatic carbocycles. The lowest BCUT2D eigenvalue weighted by molar-refractivity contribution is 0.847. The molecule has 2 rings (SSSR count). The zero-order valence-corrected chi connectivity index (χ0v) is 12.1. The molecular weight excluding hydrogens is 321 g/mol. The number of hydrogen-bond donors (Lipinski definition) is 0. The van der Waals surface area contributed by atoms with E-state index in [-0.39, 0.29) is 0 Å². The Kier molecular flexibility index (Phi) is 4.05. The fourth-order valence-electron chi connectivity index (χ4n) is 1.99. The van der Waals surface area contributed by atoms with Crippen LogP contribution in [-0.4, -0.2) is 4.05 Å². The van der Waals surface area contributed by atoms with Gasteiger partial charge in [0.05, 0.1) is 4.05 Å². The third-order valence-corrected chi connectivity index (χ3v) is 4.32. The largest absolute Gasteiger partial charge is 0.335 e. The Hall–Kier alpha value is -1.03. The second kappa shape index (κ2) is 5.54. The molecule has 1 nitrogen and oxygen atoms in total. The van der Waals surface area contributed by atoms with E-state index >= 15 is 0 Å². The molecule has 1 unspecified atom stereocenters. The molecule has 0 radical (unpaired) electrons. The average molecular weight is 337 g/mol. The van der Waals surface area contributed by atoms with Crippen LogP contribution in [-0.2, 0) is 0 Å². The molecule has 0 bridgehead atoms. The first kappa shape index (κ1) is 12.4. The highest BCUT2D eigenvalue weighted by atomic mass is 127. The minimum Gasteiger partial charge on any atom is -0.335 e. The number of para-hydroxylation sites is 1. The van der Waals surface area contributed by atoms with Gasteiger partial charge in [-0.15, -0.1) is 0 Å². The first-order valence-corrected chi connectivity index (χ1v) is 7.05. The van der Waals surface area contributed by atoms with Crippen molar-refractivity contribution in [2.75, 3.05) is 4.90 Å². The molecule has 0 saturated heterocycles. The summed E-state index contributed by atoms with van der Waals surface area (Å²) in [7, 11) is 0. The van der Waals surface area contributed by atoms with Gasteiger partial charge >= 0.3 is 0 Å². The minimum atomic E-state index is 0.496. The van der Waals surface area contributed by atoms with Crippen molar-refractivity contribution < 1.29 is 0 Å². The van der Waals surface area contributed by atoms with E-state index in [4.69, 9.17) is 0 Å². The molecule has 1 heterocycles. The monoisotopic (exact) mass is 337 g/mol. The molecule has 1 aliphatic heterocycles. The average Bonchev–Trinajstić information content (AvgIpc) is 2.38. The number of allylic oxidation sites excluding steroid dienone is 4. The Morgan fingerprint density at radius 2 is 2.18 bits per heavy atom. The molecule has 17 heavy (non-hydrogen) atoms. The number of hydrogen-bond acceptors (Lipinski definition) is 1. The smallest absolute Gasteiger partial charge is 0.0849 e. The van der Waals surface area contributed by atoms with E-state index in [0.717, 1.165) is 6.42 Å². The van der Waals surface area contributed by atoms with E-state index in [1.807, 2.05) is 6.08 Å². The summed E-state index contributed by atoms with van der Waals surface area (Å²) in [6.45, 7) is 5.98. The van der Waals surface area contributed by atoms with Crippen LogP contribution >= 0.6 is 22.6 Å². The Balaban J connectivity index is 2.49. The number of rotatable bonds is 3. The number of anilines is 1. The molecule has 88 valence electrons.